The number of benzene rings is 1. The van der Waals surface area contributed by atoms with Crippen molar-refractivity contribution in [1.82, 2.24) is 9.38 Å². The molecule has 20 heavy (non-hydrogen) atoms. The fourth-order valence-electron chi connectivity index (χ4n) is 2.20. The number of rotatable bonds is 3. The van der Waals surface area contributed by atoms with Crippen molar-refractivity contribution in [3.05, 3.63) is 70.8 Å². The molecule has 0 unspecified atom stereocenters. The van der Waals surface area contributed by atoms with Crippen molar-refractivity contribution in [2.45, 2.75) is 6.42 Å². The number of aromatic nitrogens is 2. The third-order valence-corrected chi connectivity index (χ3v) is 3.55. The van der Waals surface area contributed by atoms with Crippen LogP contribution < -0.4 is 0 Å². The monoisotopic (exact) mass is 286 g/mol. The number of hydrogen-bond acceptors (Lipinski definition) is 2. The quantitative estimate of drug-likeness (QED) is 0.804. The van der Waals surface area contributed by atoms with Crippen LogP contribution in [0.25, 0.3) is 5.52 Å². The smallest absolute Gasteiger partial charge is 0.337 e. The van der Waals surface area contributed by atoms with Crippen molar-refractivity contribution < 1.29 is 9.90 Å². The molecule has 100 valence electrons. The number of carboxylic acids is 1. The van der Waals surface area contributed by atoms with Crippen molar-refractivity contribution in [3.8, 4) is 0 Å². The predicted molar refractivity (Wildman–Crippen MR) is 76.4 cm³/mol. The van der Waals surface area contributed by atoms with E-state index in [1.807, 2.05) is 24.3 Å². The van der Waals surface area contributed by atoms with Crippen molar-refractivity contribution in [3.63, 3.8) is 0 Å². The van der Waals surface area contributed by atoms with E-state index in [0.29, 0.717) is 17.0 Å². The fourth-order valence-corrected chi connectivity index (χ4v) is 2.40. The van der Waals surface area contributed by atoms with Crippen LogP contribution in [0.4, 0.5) is 0 Å². The normalized spacial score (nSPS) is 10.8. The maximum atomic E-state index is 11.2. The van der Waals surface area contributed by atoms with Crippen LogP contribution in [0.15, 0.2) is 48.8 Å². The third kappa shape index (κ3) is 2.14. The van der Waals surface area contributed by atoms with Crippen LogP contribution in [0.3, 0.4) is 0 Å². The first kappa shape index (κ1) is 12.7. The van der Waals surface area contributed by atoms with Gasteiger partial charge in [0.2, 0.25) is 0 Å². The molecule has 0 amide bonds. The molecule has 0 saturated heterocycles. The number of hydrogen-bond donors (Lipinski definition) is 1. The zero-order valence-corrected chi connectivity index (χ0v) is 11.2. The Labute approximate surface area is 120 Å². The Balaban J connectivity index is 2.08. The number of carbonyl (C=O) groups is 1. The van der Waals surface area contributed by atoms with Crippen LogP contribution in [0.1, 0.15) is 21.7 Å². The Morgan fingerprint density at radius 2 is 2.05 bits per heavy atom. The maximum absolute atomic E-state index is 11.2. The van der Waals surface area contributed by atoms with E-state index in [4.69, 9.17) is 16.7 Å². The predicted octanol–water partition coefficient (Wildman–Crippen LogP) is 3.28. The highest BCUT2D eigenvalue weighted by Gasteiger charge is 2.12. The van der Waals surface area contributed by atoms with Crippen molar-refractivity contribution in [2.24, 2.45) is 0 Å². The second-order valence-corrected chi connectivity index (χ2v) is 4.83. The Hall–Kier alpha value is -2.33. The number of nitrogens with zero attached hydrogens (tertiary/aromatic N) is 2. The topological polar surface area (TPSA) is 54.6 Å². The van der Waals surface area contributed by atoms with Crippen LogP contribution in [-0.2, 0) is 6.42 Å². The zero-order chi connectivity index (χ0) is 14.1. The number of pyridine rings is 1. The number of halogens is 1. The van der Waals surface area contributed by atoms with Gasteiger partial charge in [-0.3, -0.25) is 0 Å². The van der Waals surface area contributed by atoms with Gasteiger partial charge < -0.3 is 9.51 Å². The highest BCUT2D eigenvalue weighted by Crippen LogP contribution is 2.20. The average Bonchev–Trinajstić information content (AvgIpc) is 2.84. The molecule has 1 N–H and O–H groups in total. The molecule has 3 aromatic rings. The van der Waals surface area contributed by atoms with Gasteiger partial charge in [-0.05, 0) is 23.8 Å². The molecule has 1 aromatic carbocycles. The summed E-state index contributed by atoms with van der Waals surface area (Å²) >= 11 is 6.14. The van der Waals surface area contributed by atoms with Crippen molar-refractivity contribution >= 4 is 23.1 Å². The molecule has 3 rings (SSSR count). The average molecular weight is 287 g/mol. The summed E-state index contributed by atoms with van der Waals surface area (Å²) in [5.74, 6) is -0.198. The van der Waals surface area contributed by atoms with Gasteiger partial charge >= 0.3 is 5.97 Å². The minimum atomic E-state index is -0.959. The minimum absolute atomic E-state index is 0.241. The Morgan fingerprint density at radius 3 is 2.80 bits per heavy atom. The maximum Gasteiger partial charge on any atom is 0.337 e. The highest BCUT2D eigenvalue weighted by atomic mass is 35.5. The lowest BCUT2D eigenvalue weighted by Gasteiger charge is -2.05. The fraction of sp³-hybridized carbons (Fsp3) is 0.0667. The van der Waals surface area contributed by atoms with Gasteiger partial charge in [-0.25, -0.2) is 9.78 Å². The first-order valence-corrected chi connectivity index (χ1v) is 6.46. The molecule has 4 nitrogen and oxygen atoms in total. The second-order valence-electron chi connectivity index (χ2n) is 4.42. The van der Waals surface area contributed by atoms with Gasteiger partial charge in [-0.15, -0.1) is 0 Å². The summed E-state index contributed by atoms with van der Waals surface area (Å²) in [6, 6.07) is 10.8. The van der Waals surface area contributed by atoms with Gasteiger partial charge in [-0.2, -0.15) is 0 Å². The molecular weight excluding hydrogens is 276 g/mol. The van der Waals surface area contributed by atoms with E-state index < -0.39 is 5.97 Å². The summed E-state index contributed by atoms with van der Waals surface area (Å²) in [5.41, 5.74) is 1.79. The second kappa shape index (κ2) is 4.98. The minimum Gasteiger partial charge on any atom is -0.478 e. The molecule has 0 aliphatic rings. The van der Waals surface area contributed by atoms with E-state index in [-0.39, 0.29) is 5.56 Å². The van der Waals surface area contributed by atoms with Gasteiger partial charge in [0.25, 0.3) is 0 Å². The molecule has 0 aliphatic carbocycles. The molecule has 0 saturated carbocycles. The van der Waals surface area contributed by atoms with E-state index in [2.05, 4.69) is 4.98 Å². The van der Waals surface area contributed by atoms with E-state index >= 15 is 0 Å². The lowest BCUT2D eigenvalue weighted by atomic mass is 10.1. The van der Waals surface area contributed by atoms with Gasteiger partial charge in [0, 0.05) is 17.6 Å². The summed E-state index contributed by atoms with van der Waals surface area (Å²) < 4.78 is 1.78. The van der Waals surface area contributed by atoms with Crippen molar-refractivity contribution in [1.29, 1.82) is 0 Å². The summed E-state index contributed by atoms with van der Waals surface area (Å²) in [4.78, 5) is 15.5. The molecule has 0 atom stereocenters. The highest BCUT2D eigenvalue weighted by molar-refractivity contribution is 6.31. The van der Waals surface area contributed by atoms with Gasteiger partial charge in [0.05, 0.1) is 17.3 Å². The van der Waals surface area contributed by atoms with E-state index in [0.717, 1.165) is 11.4 Å². The number of aromatic carboxylic acids is 1. The van der Waals surface area contributed by atoms with Gasteiger partial charge in [-0.1, -0.05) is 29.8 Å². The first-order valence-electron chi connectivity index (χ1n) is 6.08. The van der Waals surface area contributed by atoms with Crippen LogP contribution in [0, 0.1) is 0 Å². The summed E-state index contributed by atoms with van der Waals surface area (Å²) in [6.07, 6.45) is 3.94. The molecule has 2 aromatic heterocycles. The molecule has 0 fully saturated rings. The lowest BCUT2D eigenvalue weighted by molar-refractivity contribution is 0.0698. The third-order valence-electron chi connectivity index (χ3n) is 3.18. The Morgan fingerprint density at radius 1 is 1.25 bits per heavy atom. The molecular formula is C15H11ClN2O2. The molecule has 2 heterocycles. The first-order chi connectivity index (χ1) is 9.66. The van der Waals surface area contributed by atoms with Crippen LogP contribution >= 0.6 is 11.6 Å². The van der Waals surface area contributed by atoms with E-state index in [9.17, 15) is 4.79 Å². The van der Waals surface area contributed by atoms with E-state index in [1.54, 1.807) is 28.9 Å². The van der Waals surface area contributed by atoms with Crippen molar-refractivity contribution in [2.75, 3.05) is 0 Å². The van der Waals surface area contributed by atoms with Crippen LogP contribution in [-0.4, -0.2) is 20.5 Å². The molecule has 5 heteroatoms. The number of fused-ring (bicyclic) bond motifs is 1. The summed E-state index contributed by atoms with van der Waals surface area (Å²) in [5, 5.41) is 9.84. The molecule has 0 bridgehead atoms. The molecule has 0 radical (unpaired) electrons. The van der Waals surface area contributed by atoms with Crippen LogP contribution in [0.5, 0.6) is 0 Å². The molecule has 0 spiro atoms. The zero-order valence-electron chi connectivity index (χ0n) is 10.5. The Bertz CT molecular complexity index is 795. The van der Waals surface area contributed by atoms with E-state index in [1.165, 1.54) is 0 Å². The largest absolute Gasteiger partial charge is 0.478 e. The number of imidazole rings is 1. The summed E-state index contributed by atoms with van der Waals surface area (Å²) in [6.45, 7) is 0. The number of carboxylic acid groups (broad SMARTS) is 1. The summed E-state index contributed by atoms with van der Waals surface area (Å²) in [7, 11) is 0. The van der Waals surface area contributed by atoms with Gasteiger partial charge in [0.1, 0.15) is 5.82 Å². The van der Waals surface area contributed by atoms with Gasteiger partial charge in [0.15, 0.2) is 0 Å². The molecule has 0 aliphatic heterocycles. The lowest BCUT2D eigenvalue weighted by Crippen LogP contribution is -2.02. The van der Waals surface area contributed by atoms with Crippen LogP contribution in [0.2, 0.25) is 5.02 Å². The SMILES string of the molecule is O=C(O)c1cccn2c(Cc3ccccc3Cl)ncc12. The standard InChI is InChI=1S/C15H11ClN2O2/c16-12-6-2-1-4-10(12)8-14-17-9-13-11(15(19)20)5-3-7-18(13)14/h1-7,9H,8H2,(H,19,20). The Kier molecular flexibility index (Phi) is 3.16.